The van der Waals surface area contributed by atoms with Gasteiger partial charge in [-0.2, -0.15) is 0 Å². The van der Waals surface area contributed by atoms with Gasteiger partial charge in [-0.3, -0.25) is 0 Å². The quantitative estimate of drug-likeness (QED) is 0.921. The van der Waals surface area contributed by atoms with E-state index in [9.17, 15) is 4.39 Å². The minimum Gasteiger partial charge on any atom is -0.428 e. The van der Waals surface area contributed by atoms with E-state index in [0.29, 0.717) is 14.7 Å². The van der Waals surface area contributed by atoms with Gasteiger partial charge in [0.1, 0.15) is 5.00 Å². The van der Waals surface area contributed by atoms with Crippen molar-refractivity contribution in [2.24, 2.45) is 0 Å². The Balaban J connectivity index is 2.24. The van der Waals surface area contributed by atoms with Crippen molar-refractivity contribution in [3.05, 3.63) is 34.7 Å². The fraction of sp³-hybridized carbons (Fsp3) is 0. The molecule has 78 valence electrons. The maximum absolute atomic E-state index is 13.3. The predicted octanol–water partition coefficient (Wildman–Crippen LogP) is 3.42. The third-order valence-electron chi connectivity index (χ3n) is 1.59. The Labute approximate surface area is 97.8 Å². The average molecular weight is 289 g/mol. The van der Waals surface area contributed by atoms with E-state index >= 15 is 0 Å². The number of anilines is 1. The zero-order valence-electron chi connectivity index (χ0n) is 7.41. The van der Waals surface area contributed by atoms with Crippen molar-refractivity contribution < 1.29 is 9.13 Å². The molecule has 3 nitrogen and oxygen atoms in total. The molecule has 1 aromatic carbocycles. The molecule has 1 aromatic heterocycles. The Morgan fingerprint density at radius 2 is 2.27 bits per heavy atom. The van der Waals surface area contributed by atoms with Crippen molar-refractivity contribution in [1.29, 1.82) is 0 Å². The SMILES string of the molecule is Nc1cnc(Oc2ccc(Br)cc2F)s1. The predicted molar refractivity (Wildman–Crippen MR) is 60.7 cm³/mol. The van der Waals surface area contributed by atoms with E-state index in [-0.39, 0.29) is 5.75 Å². The van der Waals surface area contributed by atoms with Gasteiger partial charge in [0, 0.05) is 4.47 Å². The van der Waals surface area contributed by atoms with Gasteiger partial charge in [-0.05, 0) is 18.2 Å². The highest BCUT2D eigenvalue weighted by molar-refractivity contribution is 9.10. The normalized spacial score (nSPS) is 10.3. The number of nitrogen functional groups attached to an aromatic ring is 1. The highest BCUT2D eigenvalue weighted by atomic mass is 79.9. The number of nitrogens with two attached hydrogens (primary N) is 1. The monoisotopic (exact) mass is 288 g/mol. The van der Waals surface area contributed by atoms with E-state index in [0.717, 1.165) is 11.3 Å². The van der Waals surface area contributed by atoms with Gasteiger partial charge in [0.05, 0.1) is 6.20 Å². The van der Waals surface area contributed by atoms with E-state index in [2.05, 4.69) is 20.9 Å². The van der Waals surface area contributed by atoms with Crippen LogP contribution in [0.3, 0.4) is 0 Å². The van der Waals surface area contributed by atoms with Crippen LogP contribution in [0.5, 0.6) is 10.9 Å². The molecule has 15 heavy (non-hydrogen) atoms. The number of ether oxygens (including phenoxy) is 1. The van der Waals surface area contributed by atoms with Gasteiger partial charge in [0.2, 0.25) is 0 Å². The number of hydrogen-bond donors (Lipinski definition) is 1. The molecule has 0 unspecified atom stereocenters. The summed E-state index contributed by atoms with van der Waals surface area (Å²) in [5.41, 5.74) is 5.47. The number of halogens is 2. The summed E-state index contributed by atoms with van der Waals surface area (Å²) in [6, 6.07) is 4.54. The highest BCUT2D eigenvalue weighted by Crippen LogP contribution is 2.30. The Hall–Kier alpha value is -1.14. The van der Waals surface area contributed by atoms with Crippen LogP contribution in [-0.4, -0.2) is 4.98 Å². The van der Waals surface area contributed by atoms with Crippen LogP contribution >= 0.6 is 27.3 Å². The van der Waals surface area contributed by atoms with E-state index < -0.39 is 5.82 Å². The topological polar surface area (TPSA) is 48.1 Å². The van der Waals surface area contributed by atoms with E-state index in [4.69, 9.17) is 10.5 Å². The summed E-state index contributed by atoms with van der Waals surface area (Å²) in [5, 5.41) is 0.858. The molecule has 1 heterocycles. The number of benzene rings is 1. The first kappa shape index (κ1) is 10.4. The second-order valence-corrected chi connectivity index (χ2v) is 4.65. The van der Waals surface area contributed by atoms with Gasteiger partial charge < -0.3 is 10.5 Å². The zero-order chi connectivity index (χ0) is 10.8. The smallest absolute Gasteiger partial charge is 0.280 e. The number of nitrogens with zero attached hydrogens (tertiary/aromatic N) is 1. The van der Waals surface area contributed by atoms with Crippen LogP contribution in [0.15, 0.2) is 28.9 Å². The number of hydrogen-bond acceptors (Lipinski definition) is 4. The van der Waals surface area contributed by atoms with Crippen LogP contribution in [0.4, 0.5) is 9.39 Å². The van der Waals surface area contributed by atoms with E-state index in [1.54, 1.807) is 6.07 Å². The minimum atomic E-state index is -0.446. The van der Waals surface area contributed by atoms with Gasteiger partial charge in [-0.25, -0.2) is 9.37 Å². The van der Waals surface area contributed by atoms with Gasteiger partial charge in [-0.1, -0.05) is 27.3 Å². The molecule has 0 saturated heterocycles. The van der Waals surface area contributed by atoms with Gasteiger partial charge in [0.15, 0.2) is 11.6 Å². The molecule has 0 bridgehead atoms. The molecule has 2 aromatic rings. The second-order valence-electron chi connectivity index (χ2n) is 2.71. The summed E-state index contributed by atoms with van der Waals surface area (Å²) in [7, 11) is 0. The zero-order valence-corrected chi connectivity index (χ0v) is 9.81. The third-order valence-corrected chi connectivity index (χ3v) is 2.79. The molecule has 0 spiro atoms. The van der Waals surface area contributed by atoms with Crippen molar-refractivity contribution in [3.63, 3.8) is 0 Å². The fourth-order valence-corrected chi connectivity index (χ4v) is 1.85. The van der Waals surface area contributed by atoms with Crippen molar-refractivity contribution >= 4 is 32.3 Å². The molecule has 0 aliphatic carbocycles. The Morgan fingerprint density at radius 1 is 1.47 bits per heavy atom. The van der Waals surface area contributed by atoms with Crippen LogP contribution in [0.2, 0.25) is 0 Å². The first-order chi connectivity index (χ1) is 7.15. The molecule has 2 N–H and O–H groups in total. The molecule has 0 atom stereocenters. The number of rotatable bonds is 2. The summed E-state index contributed by atoms with van der Waals surface area (Å²) >= 11 is 4.32. The van der Waals surface area contributed by atoms with Gasteiger partial charge >= 0.3 is 0 Å². The third kappa shape index (κ3) is 2.45. The maximum Gasteiger partial charge on any atom is 0.280 e. The molecule has 2 rings (SSSR count). The first-order valence-electron chi connectivity index (χ1n) is 3.99. The van der Waals surface area contributed by atoms with Crippen molar-refractivity contribution in [2.75, 3.05) is 5.73 Å². The second kappa shape index (κ2) is 4.16. The van der Waals surface area contributed by atoms with Gasteiger partial charge in [-0.15, -0.1) is 0 Å². The summed E-state index contributed by atoms with van der Waals surface area (Å²) in [6.45, 7) is 0. The van der Waals surface area contributed by atoms with Crippen LogP contribution in [-0.2, 0) is 0 Å². The Kier molecular flexibility index (Phi) is 2.88. The Morgan fingerprint density at radius 3 is 2.87 bits per heavy atom. The minimum absolute atomic E-state index is 0.132. The van der Waals surface area contributed by atoms with E-state index in [1.807, 2.05) is 0 Å². The summed E-state index contributed by atoms with van der Waals surface area (Å²) in [5.74, 6) is -0.314. The van der Waals surface area contributed by atoms with Crippen LogP contribution < -0.4 is 10.5 Å². The summed E-state index contributed by atoms with van der Waals surface area (Å²) < 4.78 is 19.2. The maximum atomic E-state index is 13.3. The lowest BCUT2D eigenvalue weighted by Gasteiger charge is -2.02. The molecule has 0 aliphatic rings. The highest BCUT2D eigenvalue weighted by Gasteiger charge is 2.07. The Bertz CT molecular complexity index is 489. The van der Waals surface area contributed by atoms with Crippen molar-refractivity contribution in [3.8, 4) is 10.9 Å². The average Bonchev–Trinajstić information content (AvgIpc) is 2.56. The van der Waals surface area contributed by atoms with E-state index in [1.165, 1.54) is 18.3 Å². The number of aromatic nitrogens is 1. The van der Waals surface area contributed by atoms with Crippen molar-refractivity contribution in [2.45, 2.75) is 0 Å². The van der Waals surface area contributed by atoms with Gasteiger partial charge in [0.25, 0.3) is 5.19 Å². The molecule has 6 heteroatoms. The molecule has 0 amide bonds. The molecular weight excluding hydrogens is 283 g/mol. The largest absolute Gasteiger partial charge is 0.428 e. The lowest BCUT2D eigenvalue weighted by atomic mass is 10.3. The molecule has 0 aliphatic heterocycles. The lowest BCUT2D eigenvalue weighted by molar-refractivity contribution is 0.439. The molecule has 0 radical (unpaired) electrons. The standard InChI is InChI=1S/C9H6BrFN2OS/c10-5-1-2-7(6(11)3-5)14-9-13-4-8(12)15-9/h1-4H,12H2. The fourth-order valence-electron chi connectivity index (χ4n) is 0.969. The summed E-state index contributed by atoms with van der Waals surface area (Å²) in [4.78, 5) is 3.87. The van der Waals surface area contributed by atoms with Crippen molar-refractivity contribution in [1.82, 2.24) is 4.98 Å². The molecule has 0 fully saturated rings. The molecular formula is C9H6BrFN2OS. The lowest BCUT2D eigenvalue weighted by Crippen LogP contribution is -1.86. The molecule has 0 saturated carbocycles. The van der Waals surface area contributed by atoms with Crippen LogP contribution in [0, 0.1) is 5.82 Å². The van der Waals surface area contributed by atoms with Crippen LogP contribution in [0.25, 0.3) is 0 Å². The summed E-state index contributed by atoms with van der Waals surface area (Å²) in [6.07, 6.45) is 1.47. The number of thiazole rings is 1. The van der Waals surface area contributed by atoms with Crippen LogP contribution in [0.1, 0.15) is 0 Å². The first-order valence-corrected chi connectivity index (χ1v) is 5.60.